The maximum absolute atomic E-state index is 12.8. The molecule has 3 aromatic rings. The molecule has 1 amide bonds. The van der Waals surface area contributed by atoms with E-state index in [1.165, 1.54) is 0 Å². The molecule has 0 bridgehead atoms. The highest BCUT2D eigenvalue weighted by Crippen LogP contribution is 2.32. The predicted molar refractivity (Wildman–Crippen MR) is 115 cm³/mol. The van der Waals surface area contributed by atoms with Crippen molar-refractivity contribution >= 4 is 38.3 Å². The summed E-state index contributed by atoms with van der Waals surface area (Å²) in [7, 11) is -3.40. The van der Waals surface area contributed by atoms with E-state index in [0.717, 1.165) is 22.5 Å². The number of thiazole rings is 1. The topological polar surface area (TPSA) is 127 Å². The van der Waals surface area contributed by atoms with Crippen molar-refractivity contribution in [2.75, 3.05) is 10.0 Å². The first-order valence-electron chi connectivity index (χ1n) is 9.27. The summed E-state index contributed by atoms with van der Waals surface area (Å²) in [4.78, 5) is 29.6. The molecule has 0 aromatic carbocycles. The molecule has 156 valence electrons. The molecule has 9 nitrogen and oxygen atoms in total. The van der Waals surface area contributed by atoms with E-state index in [1.807, 2.05) is 12.1 Å². The molecule has 1 aliphatic rings. The molecule has 0 radical (unpaired) electrons. The summed E-state index contributed by atoms with van der Waals surface area (Å²) in [6, 6.07) is 3.71. The number of hydrogen-bond acceptors (Lipinski definition) is 8. The second kappa shape index (κ2) is 7.73. The molecule has 0 spiro atoms. The largest absolute Gasteiger partial charge is 0.294 e. The van der Waals surface area contributed by atoms with Crippen LogP contribution < -0.4 is 10.0 Å². The van der Waals surface area contributed by atoms with Crippen LogP contribution in [0.3, 0.4) is 0 Å². The first kappa shape index (κ1) is 20.4. The van der Waals surface area contributed by atoms with Crippen LogP contribution >= 0.6 is 11.3 Å². The quantitative estimate of drug-likeness (QED) is 0.574. The lowest BCUT2D eigenvalue weighted by Gasteiger charge is -2.20. The number of nitrogens with one attached hydrogen (secondary N) is 2. The molecule has 30 heavy (non-hydrogen) atoms. The number of anilines is 2. The van der Waals surface area contributed by atoms with Gasteiger partial charge in [-0.15, -0.1) is 11.3 Å². The standard InChI is InChI=1S/C19H20N6O3S2/c1-19(2,15-11-29-18(23-15)25-30(27,28)14-5-6-14)16(26)24-17-21-9-13(10-22-17)12-4-3-7-20-8-12/h3-4,7-11,14H,5-6H2,1-2H3,(H,23,25)(H,21,22,24,26). The fourth-order valence-electron chi connectivity index (χ4n) is 2.64. The molecule has 3 aromatic heterocycles. The van der Waals surface area contributed by atoms with Crippen LogP contribution in [0.25, 0.3) is 11.1 Å². The van der Waals surface area contributed by atoms with E-state index in [9.17, 15) is 13.2 Å². The SMILES string of the molecule is CC(C)(C(=O)Nc1ncc(-c2cccnc2)cn1)c1csc(NS(=O)(=O)C2CC2)n1. The molecule has 1 saturated carbocycles. The van der Waals surface area contributed by atoms with Crippen molar-refractivity contribution in [3.63, 3.8) is 0 Å². The van der Waals surface area contributed by atoms with Crippen LogP contribution in [0.15, 0.2) is 42.3 Å². The number of hydrogen-bond donors (Lipinski definition) is 2. The number of amides is 1. The van der Waals surface area contributed by atoms with Crippen LogP contribution in [0.5, 0.6) is 0 Å². The number of nitrogens with zero attached hydrogens (tertiary/aromatic N) is 4. The summed E-state index contributed by atoms with van der Waals surface area (Å²) < 4.78 is 26.7. The number of rotatable bonds is 7. The van der Waals surface area contributed by atoms with Crippen molar-refractivity contribution in [1.29, 1.82) is 0 Å². The maximum atomic E-state index is 12.8. The van der Waals surface area contributed by atoms with Crippen molar-refractivity contribution in [3.05, 3.63) is 48.0 Å². The van der Waals surface area contributed by atoms with Crippen LogP contribution in [0, 0.1) is 0 Å². The van der Waals surface area contributed by atoms with Crippen LogP contribution in [0.1, 0.15) is 32.4 Å². The normalized spacial score (nSPS) is 14.3. The molecule has 2 N–H and O–H groups in total. The Labute approximate surface area is 178 Å². The average Bonchev–Trinajstić information content (AvgIpc) is 3.50. The van der Waals surface area contributed by atoms with Gasteiger partial charge in [0.25, 0.3) is 0 Å². The van der Waals surface area contributed by atoms with Gasteiger partial charge < -0.3 is 0 Å². The average molecular weight is 445 g/mol. The lowest BCUT2D eigenvalue weighted by Crippen LogP contribution is -2.35. The van der Waals surface area contributed by atoms with E-state index in [2.05, 4.69) is 30.0 Å². The number of carbonyl (C=O) groups is 1. The zero-order valence-corrected chi connectivity index (χ0v) is 18.0. The molecule has 0 atom stereocenters. The highest BCUT2D eigenvalue weighted by molar-refractivity contribution is 7.93. The van der Waals surface area contributed by atoms with Gasteiger partial charge in [-0.05, 0) is 32.8 Å². The fraction of sp³-hybridized carbons (Fsp3) is 0.316. The van der Waals surface area contributed by atoms with Gasteiger partial charge in [0.2, 0.25) is 21.9 Å². The highest BCUT2D eigenvalue weighted by Gasteiger charge is 2.37. The Morgan fingerprint density at radius 3 is 2.53 bits per heavy atom. The van der Waals surface area contributed by atoms with Gasteiger partial charge in [0, 0.05) is 41.3 Å². The van der Waals surface area contributed by atoms with E-state index in [4.69, 9.17) is 0 Å². The van der Waals surface area contributed by atoms with Crippen LogP contribution in [-0.4, -0.2) is 39.5 Å². The Morgan fingerprint density at radius 2 is 1.90 bits per heavy atom. The van der Waals surface area contributed by atoms with Crippen molar-refractivity contribution in [2.45, 2.75) is 37.4 Å². The lowest BCUT2D eigenvalue weighted by molar-refractivity contribution is -0.120. The molecule has 0 unspecified atom stereocenters. The fourth-order valence-corrected chi connectivity index (χ4v) is 5.12. The zero-order valence-electron chi connectivity index (χ0n) is 16.4. The van der Waals surface area contributed by atoms with E-state index in [0.29, 0.717) is 18.5 Å². The van der Waals surface area contributed by atoms with Gasteiger partial charge in [-0.1, -0.05) is 6.07 Å². The van der Waals surface area contributed by atoms with Gasteiger partial charge in [0.15, 0.2) is 5.13 Å². The summed E-state index contributed by atoms with van der Waals surface area (Å²) in [6.07, 6.45) is 7.95. The summed E-state index contributed by atoms with van der Waals surface area (Å²) in [6.45, 7) is 3.42. The Morgan fingerprint density at radius 1 is 1.17 bits per heavy atom. The smallest absolute Gasteiger partial charge is 0.238 e. The molecular formula is C19H20N6O3S2. The lowest BCUT2D eigenvalue weighted by atomic mass is 9.89. The second-order valence-corrected chi connectivity index (χ2v) is 10.3. The van der Waals surface area contributed by atoms with Crippen LogP contribution in [0.2, 0.25) is 0 Å². The first-order chi connectivity index (χ1) is 14.3. The number of sulfonamides is 1. The van der Waals surface area contributed by atoms with Gasteiger partial charge in [0.05, 0.1) is 16.4 Å². The van der Waals surface area contributed by atoms with Gasteiger partial charge >= 0.3 is 0 Å². The Bertz CT molecular complexity index is 1160. The van der Waals surface area contributed by atoms with Crippen molar-refractivity contribution in [3.8, 4) is 11.1 Å². The second-order valence-electron chi connectivity index (χ2n) is 7.50. The molecule has 3 heterocycles. The first-order valence-corrected chi connectivity index (χ1v) is 11.7. The van der Waals surface area contributed by atoms with E-state index in [-0.39, 0.29) is 22.2 Å². The summed E-state index contributed by atoms with van der Waals surface area (Å²) in [5.74, 6) is -0.177. The summed E-state index contributed by atoms with van der Waals surface area (Å²) >= 11 is 1.15. The minimum Gasteiger partial charge on any atom is -0.294 e. The number of carbonyl (C=O) groups excluding carboxylic acids is 1. The molecule has 1 fully saturated rings. The van der Waals surface area contributed by atoms with Gasteiger partial charge in [-0.3, -0.25) is 19.8 Å². The van der Waals surface area contributed by atoms with Crippen LogP contribution in [0.4, 0.5) is 11.1 Å². The van der Waals surface area contributed by atoms with E-state index < -0.39 is 15.4 Å². The molecule has 11 heteroatoms. The highest BCUT2D eigenvalue weighted by atomic mass is 32.2. The number of pyridine rings is 1. The molecule has 1 aliphatic carbocycles. The Hall–Kier alpha value is -2.92. The Kier molecular flexibility index (Phi) is 5.24. The molecular weight excluding hydrogens is 424 g/mol. The van der Waals surface area contributed by atoms with Gasteiger partial charge in [0.1, 0.15) is 0 Å². The van der Waals surface area contributed by atoms with Crippen LogP contribution in [-0.2, 0) is 20.2 Å². The van der Waals surface area contributed by atoms with E-state index >= 15 is 0 Å². The number of aromatic nitrogens is 4. The molecule has 0 aliphatic heterocycles. The summed E-state index contributed by atoms with van der Waals surface area (Å²) in [5, 5.41) is 4.29. The minimum absolute atomic E-state index is 0.172. The Balaban J connectivity index is 1.45. The third kappa shape index (κ3) is 4.31. The van der Waals surface area contributed by atoms with Gasteiger partial charge in [-0.25, -0.2) is 23.4 Å². The van der Waals surface area contributed by atoms with Crippen molar-refractivity contribution in [1.82, 2.24) is 19.9 Å². The molecule has 0 saturated heterocycles. The maximum Gasteiger partial charge on any atom is 0.238 e. The van der Waals surface area contributed by atoms with Crippen molar-refractivity contribution < 1.29 is 13.2 Å². The van der Waals surface area contributed by atoms with Gasteiger partial charge in [-0.2, -0.15) is 0 Å². The predicted octanol–water partition coefficient (Wildman–Crippen LogP) is 2.82. The summed E-state index contributed by atoms with van der Waals surface area (Å²) in [5.41, 5.74) is 1.11. The van der Waals surface area contributed by atoms with E-state index in [1.54, 1.807) is 44.0 Å². The third-order valence-corrected chi connectivity index (χ3v) is 7.49. The zero-order chi connectivity index (χ0) is 21.4. The third-order valence-electron chi connectivity index (χ3n) is 4.78. The molecule has 4 rings (SSSR count). The van der Waals surface area contributed by atoms with Crippen molar-refractivity contribution in [2.24, 2.45) is 0 Å². The minimum atomic E-state index is -3.40. The monoisotopic (exact) mass is 444 g/mol.